The van der Waals surface area contributed by atoms with Crippen LogP contribution in [-0.2, 0) is 9.84 Å². The number of hydrogen-bond acceptors (Lipinski definition) is 4. The molecule has 0 radical (unpaired) electrons. The quantitative estimate of drug-likeness (QED) is 0.836. The molecule has 0 bridgehead atoms. The van der Waals surface area contributed by atoms with Crippen LogP contribution in [0.3, 0.4) is 0 Å². The predicted octanol–water partition coefficient (Wildman–Crippen LogP) is 0.799. The van der Waals surface area contributed by atoms with E-state index in [2.05, 4.69) is 0 Å². The van der Waals surface area contributed by atoms with Crippen LogP contribution in [0.25, 0.3) is 0 Å². The van der Waals surface area contributed by atoms with Gasteiger partial charge in [0.05, 0.1) is 5.25 Å². The molecule has 0 aromatic heterocycles. The molecular weight excluding hydrogens is 260 g/mol. The Kier molecular flexibility index (Phi) is 3.73. The average Bonchev–Trinajstić information content (AvgIpc) is 3.10. The molecule has 2 atom stereocenters. The molecule has 0 saturated heterocycles. The Bertz CT molecular complexity index is 547. The molecule has 2 rings (SSSR count). The van der Waals surface area contributed by atoms with Crippen molar-refractivity contribution in [1.29, 1.82) is 0 Å². The number of rotatable bonds is 5. The second-order valence-electron chi connectivity index (χ2n) is 5.40. The third-order valence-corrected chi connectivity index (χ3v) is 6.69. The first kappa shape index (κ1) is 14.5. The van der Waals surface area contributed by atoms with Crippen LogP contribution in [0.4, 0.5) is 0 Å². The highest BCUT2D eigenvalue weighted by Gasteiger charge is 2.68. The van der Waals surface area contributed by atoms with Gasteiger partial charge in [0.2, 0.25) is 0 Å². The summed E-state index contributed by atoms with van der Waals surface area (Å²) in [5.41, 5.74) is 13.4. The summed E-state index contributed by atoms with van der Waals surface area (Å²) in [5.74, 6) is 0.0787. The largest absolute Gasteiger partial charge is 0.330 e. The van der Waals surface area contributed by atoms with Crippen LogP contribution in [-0.4, -0.2) is 32.5 Å². The van der Waals surface area contributed by atoms with Crippen molar-refractivity contribution in [1.82, 2.24) is 0 Å². The SMILES string of the molecule is CCS(=O)(=O)[C@H]1[C@H](c2ccc(C)cc2)C1(CN)CN. The lowest BCUT2D eigenvalue weighted by atomic mass is 9.99. The Hall–Kier alpha value is -0.910. The maximum absolute atomic E-state index is 12.2. The topological polar surface area (TPSA) is 86.2 Å². The fourth-order valence-electron chi connectivity index (χ4n) is 3.05. The summed E-state index contributed by atoms with van der Waals surface area (Å²) in [7, 11) is -3.12. The summed E-state index contributed by atoms with van der Waals surface area (Å²) in [6.07, 6.45) is 0. The summed E-state index contributed by atoms with van der Waals surface area (Å²) < 4.78 is 24.5. The zero-order valence-corrected chi connectivity index (χ0v) is 12.3. The molecule has 1 aliphatic rings. The molecule has 1 aliphatic carbocycles. The molecule has 1 aromatic rings. The number of nitrogens with two attached hydrogens (primary N) is 2. The zero-order valence-electron chi connectivity index (χ0n) is 11.5. The number of benzene rings is 1. The summed E-state index contributed by atoms with van der Waals surface area (Å²) in [5, 5.41) is -0.428. The highest BCUT2D eigenvalue weighted by atomic mass is 32.2. The molecular formula is C14H22N2O2S. The van der Waals surface area contributed by atoms with Crippen LogP contribution in [0.1, 0.15) is 24.0 Å². The third kappa shape index (κ3) is 2.20. The van der Waals surface area contributed by atoms with Gasteiger partial charge in [-0.05, 0) is 12.5 Å². The van der Waals surface area contributed by atoms with Crippen molar-refractivity contribution >= 4 is 9.84 Å². The van der Waals surface area contributed by atoms with Gasteiger partial charge in [-0.3, -0.25) is 0 Å². The minimum absolute atomic E-state index is 0.0620. The van der Waals surface area contributed by atoms with E-state index in [1.54, 1.807) is 6.92 Å². The first-order chi connectivity index (χ1) is 8.93. The van der Waals surface area contributed by atoms with E-state index >= 15 is 0 Å². The smallest absolute Gasteiger partial charge is 0.154 e. The Morgan fingerprint density at radius 2 is 1.68 bits per heavy atom. The molecule has 1 saturated carbocycles. The number of aryl methyl sites for hydroxylation is 1. The zero-order chi connectivity index (χ0) is 14.3. The van der Waals surface area contributed by atoms with E-state index < -0.39 is 20.5 Å². The van der Waals surface area contributed by atoms with Gasteiger partial charge < -0.3 is 11.5 Å². The lowest BCUT2D eigenvalue weighted by molar-refractivity contribution is 0.510. The minimum atomic E-state index is -3.12. The van der Waals surface area contributed by atoms with Crippen LogP contribution >= 0.6 is 0 Å². The van der Waals surface area contributed by atoms with Crippen LogP contribution in [0, 0.1) is 12.3 Å². The van der Waals surface area contributed by atoms with Gasteiger partial charge in [0.25, 0.3) is 0 Å². The van der Waals surface area contributed by atoms with E-state index in [0.29, 0.717) is 13.1 Å². The van der Waals surface area contributed by atoms with Crippen molar-refractivity contribution < 1.29 is 8.42 Å². The normalized spacial score (nSPS) is 25.3. The van der Waals surface area contributed by atoms with Gasteiger partial charge in [-0.2, -0.15) is 0 Å². The lowest BCUT2D eigenvalue weighted by Gasteiger charge is -2.12. The molecule has 0 amide bonds. The highest BCUT2D eigenvalue weighted by molar-refractivity contribution is 7.92. The van der Waals surface area contributed by atoms with Crippen molar-refractivity contribution in [2.45, 2.75) is 25.0 Å². The summed E-state index contributed by atoms with van der Waals surface area (Å²) in [6.45, 7) is 4.31. The standard InChI is InChI=1S/C14H22N2O2S/c1-3-19(17,18)13-12(14(13,8-15)9-16)11-6-4-10(2)5-7-11/h4-7,12-13H,3,8-9,15-16H2,1-2H3/t12-,13-/m0/s1. The molecule has 106 valence electrons. The van der Waals surface area contributed by atoms with Gasteiger partial charge in [0.15, 0.2) is 9.84 Å². The van der Waals surface area contributed by atoms with Gasteiger partial charge in [-0.1, -0.05) is 36.8 Å². The Labute approximate surface area is 115 Å². The Balaban J connectivity index is 2.42. The van der Waals surface area contributed by atoms with E-state index in [0.717, 1.165) is 11.1 Å². The van der Waals surface area contributed by atoms with E-state index in [-0.39, 0.29) is 11.7 Å². The van der Waals surface area contributed by atoms with Crippen molar-refractivity contribution in [3.05, 3.63) is 35.4 Å². The molecule has 0 unspecified atom stereocenters. The van der Waals surface area contributed by atoms with E-state index in [9.17, 15) is 8.42 Å². The van der Waals surface area contributed by atoms with Crippen LogP contribution in [0.2, 0.25) is 0 Å². The maximum Gasteiger partial charge on any atom is 0.154 e. The Morgan fingerprint density at radius 1 is 1.16 bits per heavy atom. The molecule has 0 spiro atoms. The molecule has 1 fully saturated rings. The van der Waals surface area contributed by atoms with Crippen molar-refractivity contribution in [2.75, 3.05) is 18.8 Å². The van der Waals surface area contributed by atoms with E-state index in [1.165, 1.54) is 0 Å². The average molecular weight is 282 g/mol. The minimum Gasteiger partial charge on any atom is -0.330 e. The summed E-state index contributed by atoms with van der Waals surface area (Å²) in [6, 6.07) is 7.98. The molecule has 19 heavy (non-hydrogen) atoms. The van der Waals surface area contributed by atoms with Crippen molar-refractivity contribution in [3.63, 3.8) is 0 Å². The summed E-state index contributed by atoms with van der Waals surface area (Å²) >= 11 is 0. The van der Waals surface area contributed by atoms with Crippen LogP contribution in [0.15, 0.2) is 24.3 Å². The molecule has 0 heterocycles. The monoisotopic (exact) mass is 282 g/mol. The van der Waals surface area contributed by atoms with Gasteiger partial charge in [-0.15, -0.1) is 0 Å². The fraction of sp³-hybridized carbons (Fsp3) is 0.571. The van der Waals surface area contributed by atoms with Gasteiger partial charge in [0.1, 0.15) is 0 Å². The van der Waals surface area contributed by atoms with Gasteiger partial charge >= 0.3 is 0 Å². The second-order valence-corrected chi connectivity index (χ2v) is 7.81. The van der Waals surface area contributed by atoms with Crippen molar-refractivity contribution in [2.24, 2.45) is 16.9 Å². The van der Waals surface area contributed by atoms with Crippen LogP contribution < -0.4 is 11.5 Å². The van der Waals surface area contributed by atoms with Gasteiger partial charge in [0, 0.05) is 30.2 Å². The van der Waals surface area contributed by atoms with Gasteiger partial charge in [-0.25, -0.2) is 8.42 Å². The van der Waals surface area contributed by atoms with Crippen LogP contribution in [0.5, 0.6) is 0 Å². The summed E-state index contributed by atoms with van der Waals surface area (Å²) in [4.78, 5) is 0. The van der Waals surface area contributed by atoms with Crippen molar-refractivity contribution in [3.8, 4) is 0 Å². The molecule has 5 heteroatoms. The molecule has 4 nitrogen and oxygen atoms in total. The predicted molar refractivity (Wildman–Crippen MR) is 77.7 cm³/mol. The van der Waals surface area contributed by atoms with E-state index in [1.807, 2.05) is 31.2 Å². The lowest BCUT2D eigenvalue weighted by Crippen LogP contribution is -2.31. The maximum atomic E-state index is 12.2. The second kappa shape index (κ2) is 4.89. The number of sulfone groups is 1. The fourth-order valence-corrected chi connectivity index (χ4v) is 5.23. The molecule has 0 aliphatic heterocycles. The number of hydrogen-bond donors (Lipinski definition) is 2. The highest BCUT2D eigenvalue weighted by Crippen LogP contribution is 2.61. The molecule has 1 aromatic carbocycles. The van der Waals surface area contributed by atoms with E-state index in [4.69, 9.17) is 11.5 Å². The first-order valence-electron chi connectivity index (χ1n) is 6.61. The molecule has 4 N–H and O–H groups in total. The Morgan fingerprint density at radius 3 is 2.11 bits per heavy atom. The third-order valence-electron chi connectivity index (χ3n) is 4.37. The first-order valence-corrected chi connectivity index (χ1v) is 8.32.